The predicted octanol–water partition coefficient (Wildman–Crippen LogP) is 1.23. The minimum atomic E-state index is -0.192. The van der Waals surface area contributed by atoms with Gasteiger partial charge < -0.3 is 15.5 Å². The van der Waals surface area contributed by atoms with Crippen LogP contribution in [0.2, 0.25) is 0 Å². The number of carbonyl (C=O) groups excluding carboxylic acids is 1. The normalized spacial score (nSPS) is 11.8. The summed E-state index contributed by atoms with van der Waals surface area (Å²) in [6, 6.07) is 5.50. The average molecular weight is 302 g/mol. The highest BCUT2D eigenvalue weighted by Gasteiger charge is 2.08. The Morgan fingerprint density at radius 2 is 2.23 bits per heavy atom. The van der Waals surface area contributed by atoms with E-state index in [4.69, 9.17) is 0 Å². The van der Waals surface area contributed by atoms with Gasteiger partial charge in [-0.25, -0.2) is 9.78 Å². The van der Waals surface area contributed by atoms with Crippen LogP contribution in [-0.2, 0) is 13.1 Å². The largest absolute Gasteiger partial charge is 0.363 e. The quantitative estimate of drug-likeness (QED) is 0.841. The van der Waals surface area contributed by atoms with Gasteiger partial charge in [0.2, 0.25) is 0 Å². The van der Waals surface area contributed by atoms with Crippen molar-refractivity contribution in [1.82, 2.24) is 25.4 Å². The molecule has 1 unspecified atom stereocenters. The van der Waals surface area contributed by atoms with Gasteiger partial charge in [0.15, 0.2) is 0 Å². The van der Waals surface area contributed by atoms with Crippen LogP contribution in [0.3, 0.4) is 0 Å². The molecule has 1 atom stereocenters. The topological polar surface area (TPSA) is 75.1 Å². The number of urea groups is 1. The molecule has 0 saturated carbocycles. The fraction of sp³-hybridized carbons (Fsp3) is 0.400. The standard InChI is InChI=1S/C15H22N6O/c1-12(11-21-8-4-6-18-21)19-15(22)17-10-13-5-7-16-14(9-13)20(2)3/h4-9,12H,10-11H2,1-3H3,(H2,17,19,22). The maximum atomic E-state index is 11.9. The maximum absolute atomic E-state index is 11.9. The van der Waals surface area contributed by atoms with E-state index in [1.54, 1.807) is 17.1 Å². The second-order valence-corrected chi connectivity index (χ2v) is 5.37. The molecule has 2 heterocycles. The third kappa shape index (κ3) is 4.76. The molecular formula is C15H22N6O. The molecule has 0 spiro atoms. The van der Waals surface area contributed by atoms with Crippen LogP contribution in [0.25, 0.3) is 0 Å². The van der Waals surface area contributed by atoms with Crippen molar-refractivity contribution in [2.24, 2.45) is 0 Å². The summed E-state index contributed by atoms with van der Waals surface area (Å²) in [5.74, 6) is 0.867. The molecule has 22 heavy (non-hydrogen) atoms. The van der Waals surface area contributed by atoms with E-state index in [2.05, 4.69) is 20.7 Å². The number of aromatic nitrogens is 3. The van der Waals surface area contributed by atoms with E-state index in [-0.39, 0.29) is 12.1 Å². The first-order valence-corrected chi connectivity index (χ1v) is 7.18. The lowest BCUT2D eigenvalue weighted by atomic mass is 10.2. The number of rotatable bonds is 6. The summed E-state index contributed by atoms with van der Waals surface area (Å²) in [5.41, 5.74) is 1.01. The summed E-state index contributed by atoms with van der Waals surface area (Å²) in [4.78, 5) is 18.1. The molecule has 2 rings (SSSR count). The van der Waals surface area contributed by atoms with E-state index in [1.165, 1.54) is 0 Å². The highest BCUT2D eigenvalue weighted by atomic mass is 16.2. The van der Waals surface area contributed by atoms with Crippen LogP contribution in [0.4, 0.5) is 10.6 Å². The summed E-state index contributed by atoms with van der Waals surface area (Å²) in [5, 5.41) is 9.86. The number of hydrogen-bond acceptors (Lipinski definition) is 4. The second kappa shape index (κ2) is 7.44. The molecule has 2 aromatic heterocycles. The zero-order valence-corrected chi connectivity index (χ0v) is 13.2. The highest BCUT2D eigenvalue weighted by molar-refractivity contribution is 5.74. The van der Waals surface area contributed by atoms with Gasteiger partial charge in [-0.2, -0.15) is 5.10 Å². The molecule has 0 aliphatic carbocycles. The molecule has 0 saturated heterocycles. The van der Waals surface area contributed by atoms with Gasteiger partial charge in [-0.05, 0) is 30.7 Å². The molecule has 0 aliphatic rings. The molecule has 2 N–H and O–H groups in total. The van der Waals surface area contributed by atoms with Crippen molar-refractivity contribution in [2.75, 3.05) is 19.0 Å². The van der Waals surface area contributed by atoms with Gasteiger partial charge in [-0.3, -0.25) is 4.68 Å². The molecule has 0 aliphatic heterocycles. The second-order valence-electron chi connectivity index (χ2n) is 5.37. The Balaban J connectivity index is 1.78. The Morgan fingerprint density at radius 1 is 1.41 bits per heavy atom. The van der Waals surface area contributed by atoms with Crippen LogP contribution in [0.15, 0.2) is 36.8 Å². The molecule has 0 radical (unpaired) electrons. The number of carbonyl (C=O) groups is 1. The molecule has 2 amide bonds. The number of nitrogens with zero attached hydrogens (tertiary/aromatic N) is 4. The fourth-order valence-corrected chi connectivity index (χ4v) is 2.01. The van der Waals surface area contributed by atoms with Crippen LogP contribution in [-0.4, -0.2) is 40.9 Å². The summed E-state index contributed by atoms with van der Waals surface area (Å²) >= 11 is 0. The van der Waals surface area contributed by atoms with Gasteiger partial charge >= 0.3 is 6.03 Å². The Bertz CT molecular complexity index is 596. The minimum absolute atomic E-state index is 0.00493. The highest BCUT2D eigenvalue weighted by Crippen LogP contribution is 2.09. The number of amides is 2. The van der Waals surface area contributed by atoms with E-state index >= 15 is 0 Å². The maximum Gasteiger partial charge on any atom is 0.315 e. The first-order chi connectivity index (χ1) is 10.5. The van der Waals surface area contributed by atoms with Crippen molar-refractivity contribution in [3.8, 4) is 0 Å². The van der Waals surface area contributed by atoms with E-state index in [0.717, 1.165) is 11.4 Å². The fourth-order valence-electron chi connectivity index (χ4n) is 2.01. The summed E-state index contributed by atoms with van der Waals surface area (Å²) in [6.07, 6.45) is 5.33. The van der Waals surface area contributed by atoms with E-state index in [0.29, 0.717) is 13.1 Å². The molecule has 7 heteroatoms. The SMILES string of the molecule is CC(Cn1cccn1)NC(=O)NCc1ccnc(N(C)C)c1. The monoisotopic (exact) mass is 302 g/mol. The lowest BCUT2D eigenvalue weighted by Crippen LogP contribution is -2.42. The summed E-state index contributed by atoms with van der Waals surface area (Å²) < 4.78 is 1.79. The van der Waals surface area contributed by atoms with Crippen molar-refractivity contribution in [3.63, 3.8) is 0 Å². The van der Waals surface area contributed by atoms with Gasteiger partial charge in [0.25, 0.3) is 0 Å². The van der Waals surface area contributed by atoms with Gasteiger partial charge in [-0.1, -0.05) is 0 Å². The minimum Gasteiger partial charge on any atom is -0.363 e. The van der Waals surface area contributed by atoms with Gasteiger partial charge in [0.1, 0.15) is 5.82 Å². The Hall–Kier alpha value is -2.57. The average Bonchev–Trinajstić information content (AvgIpc) is 2.98. The van der Waals surface area contributed by atoms with Crippen LogP contribution < -0.4 is 15.5 Å². The third-order valence-corrected chi connectivity index (χ3v) is 3.12. The lowest BCUT2D eigenvalue weighted by molar-refractivity contribution is 0.235. The summed E-state index contributed by atoms with van der Waals surface area (Å²) in [7, 11) is 3.87. The van der Waals surface area contributed by atoms with Gasteiger partial charge in [-0.15, -0.1) is 0 Å². The molecule has 2 aromatic rings. The molecule has 0 fully saturated rings. The number of anilines is 1. The molecule has 7 nitrogen and oxygen atoms in total. The molecule has 0 aromatic carbocycles. The smallest absolute Gasteiger partial charge is 0.315 e. The van der Waals surface area contributed by atoms with E-state index in [9.17, 15) is 4.79 Å². The molecular weight excluding hydrogens is 280 g/mol. The number of nitrogens with one attached hydrogen (secondary N) is 2. The molecule has 0 bridgehead atoms. The zero-order valence-electron chi connectivity index (χ0n) is 13.2. The molecule has 118 valence electrons. The van der Waals surface area contributed by atoms with Gasteiger partial charge in [0, 0.05) is 45.3 Å². The lowest BCUT2D eigenvalue weighted by Gasteiger charge is -2.15. The first-order valence-electron chi connectivity index (χ1n) is 7.18. The van der Waals surface area contributed by atoms with Gasteiger partial charge in [0.05, 0.1) is 6.54 Å². The van der Waals surface area contributed by atoms with Crippen molar-refractivity contribution < 1.29 is 4.79 Å². The first kappa shape index (κ1) is 15.8. The Labute approximate surface area is 130 Å². The van der Waals surface area contributed by atoms with Crippen LogP contribution in [0.1, 0.15) is 12.5 Å². The zero-order chi connectivity index (χ0) is 15.9. The van der Waals surface area contributed by atoms with Crippen molar-refractivity contribution >= 4 is 11.8 Å². The number of hydrogen-bond donors (Lipinski definition) is 2. The Kier molecular flexibility index (Phi) is 5.35. The van der Waals surface area contributed by atoms with Crippen LogP contribution in [0.5, 0.6) is 0 Å². The number of pyridine rings is 1. The van der Waals surface area contributed by atoms with Crippen molar-refractivity contribution in [1.29, 1.82) is 0 Å². The van der Waals surface area contributed by atoms with Crippen molar-refractivity contribution in [2.45, 2.75) is 26.1 Å². The summed E-state index contributed by atoms with van der Waals surface area (Å²) in [6.45, 7) is 3.04. The van der Waals surface area contributed by atoms with Crippen LogP contribution >= 0.6 is 0 Å². The van der Waals surface area contributed by atoms with Crippen LogP contribution in [0, 0.1) is 0 Å². The predicted molar refractivity (Wildman–Crippen MR) is 85.6 cm³/mol. The van der Waals surface area contributed by atoms with E-state index in [1.807, 2.05) is 50.3 Å². The third-order valence-electron chi connectivity index (χ3n) is 3.12. The Morgan fingerprint density at radius 3 is 2.91 bits per heavy atom. The van der Waals surface area contributed by atoms with Crippen molar-refractivity contribution in [3.05, 3.63) is 42.4 Å². The van der Waals surface area contributed by atoms with E-state index < -0.39 is 0 Å².